The average Bonchev–Trinajstić information content (AvgIpc) is 2.69. The Morgan fingerprint density at radius 3 is 2.68 bits per heavy atom. The zero-order valence-corrected chi connectivity index (χ0v) is 14.4. The maximum Gasteiger partial charge on any atom is 0.410 e. The van der Waals surface area contributed by atoms with E-state index >= 15 is 0 Å². The number of hydrogen-bond donors (Lipinski definition) is 0. The first-order valence-corrected chi connectivity index (χ1v) is 8.06. The summed E-state index contributed by atoms with van der Waals surface area (Å²) in [7, 11) is 0. The number of hydrogen-bond acceptors (Lipinski definition) is 4. The number of aromatic nitrogens is 1. The number of fused-ring (bicyclic) bond motifs is 1. The Morgan fingerprint density at radius 2 is 2.05 bits per heavy atom. The van der Waals surface area contributed by atoms with Crippen molar-refractivity contribution in [2.45, 2.75) is 32.4 Å². The van der Waals surface area contributed by atoms with Crippen LogP contribution in [0.5, 0.6) is 0 Å². The molecule has 0 unspecified atom stereocenters. The fraction of sp³-hybridized carbons (Fsp3) is 0.600. The van der Waals surface area contributed by atoms with Gasteiger partial charge >= 0.3 is 6.09 Å². The lowest BCUT2D eigenvalue weighted by Crippen LogP contribution is -2.59. The van der Waals surface area contributed by atoms with Gasteiger partial charge in [-0.25, -0.2) is 9.78 Å². The van der Waals surface area contributed by atoms with E-state index in [2.05, 4.69) is 9.88 Å². The number of rotatable bonds is 1. The van der Waals surface area contributed by atoms with Gasteiger partial charge in [0.25, 0.3) is 0 Å². The first-order valence-electron chi connectivity index (χ1n) is 7.30. The van der Waals surface area contributed by atoms with E-state index in [0.29, 0.717) is 16.1 Å². The molecule has 2 atom stereocenters. The van der Waals surface area contributed by atoms with Crippen LogP contribution in [0.4, 0.5) is 10.5 Å². The van der Waals surface area contributed by atoms with E-state index in [1.54, 1.807) is 11.1 Å². The van der Waals surface area contributed by atoms with Crippen LogP contribution < -0.4 is 4.90 Å². The molecule has 3 rings (SSSR count). The summed E-state index contributed by atoms with van der Waals surface area (Å²) in [5.41, 5.74) is 0.474. The number of amides is 1. The van der Waals surface area contributed by atoms with Crippen molar-refractivity contribution in [3.8, 4) is 0 Å². The van der Waals surface area contributed by atoms with E-state index in [4.69, 9.17) is 27.9 Å². The maximum atomic E-state index is 12.2. The molecular weight excluding hydrogens is 325 g/mol. The molecule has 7 heteroatoms. The van der Waals surface area contributed by atoms with Gasteiger partial charge in [-0.15, -0.1) is 0 Å². The highest BCUT2D eigenvalue weighted by atomic mass is 35.5. The number of anilines is 1. The minimum atomic E-state index is -0.464. The normalized spacial score (nSPS) is 24.0. The van der Waals surface area contributed by atoms with Crippen LogP contribution in [0.1, 0.15) is 20.8 Å². The van der Waals surface area contributed by atoms with Crippen LogP contribution in [-0.4, -0.2) is 47.3 Å². The molecule has 22 heavy (non-hydrogen) atoms. The number of carbonyl (C=O) groups excluding carboxylic acids is 1. The molecular formula is C15H19Cl2N3O2. The van der Waals surface area contributed by atoms with Gasteiger partial charge in [-0.1, -0.05) is 23.2 Å². The predicted octanol–water partition coefficient (Wildman–Crippen LogP) is 3.44. The van der Waals surface area contributed by atoms with E-state index in [1.807, 2.05) is 26.8 Å². The van der Waals surface area contributed by atoms with Crippen molar-refractivity contribution in [2.24, 2.45) is 5.92 Å². The molecule has 5 nitrogen and oxygen atoms in total. The van der Waals surface area contributed by atoms with Gasteiger partial charge in [0.2, 0.25) is 0 Å². The van der Waals surface area contributed by atoms with Crippen LogP contribution in [-0.2, 0) is 4.74 Å². The summed E-state index contributed by atoms with van der Waals surface area (Å²) in [5, 5.41) is 0.755. The molecule has 0 N–H and O–H groups in total. The van der Waals surface area contributed by atoms with Gasteiger partial charge in [-0.2, -0.15) is 0 Å². The van der Waals surface area contributed by atoms with Crippen LogP contribution in [0.3, 0.4) is 0 Å². The molecule has 2 saturated heterocycles. The maximum absolute atomic E-state index is 12.2. The smallest absolute Gasteiger partial charge is 0.410 e. The first-order chi connectivity index (χ1) is 10.2. The molecule has 0 spiro atoms. The summed E-state index contributed by atoms with van der Waals surface area (Å²) in [5.74, 6) is 0.474. The lowest BCUT2D eigenvalue weighted by Gasteiger charge is -2.43. The fourth-order valence-corrected chi connectivity index (χ4v) is 3.23. The molecule has 0 aliphatic carbocycles. The van der Waals surface area contributed by atoms with Crippen LogP contribution in [0, 0.1) is 5.92 Å². The standard InChI is InChI=1S/C15H19Cl2N3O2/c1-15(2,3)22-14(21)20-7-9-6-19(8-12(9)20)10-4-11(16)13(17)18-5-10/h4-5,9,12H,6-8H2,1-3H3/t9-,12-/m1/s1. The lowest BCUT2D eigenvalue weighted by molar-refractivity contribution is -0.0163. The SMILES string of the molecule is CC(C)(C)OC(=O)N1C[C@H]2CN(c3cnc(Cl)c(Cl)c3)C[C@H]21. The van der Waals surface area contributed by atoms with Crippen molar-refractivity contribution in [3.63, 3.8) is 0 Å². The number of likely N-dealkylation sites (tertiary alicyclic amines) is 1. The topological polar surface area (TPSA) is 45.7 Å². The molecule has 0 aromatic carbocycles. The quantitative estimate of drug-likeness (QED) is 0.732. The Balaban J connectivity index is 1.65. The van der Waals surface area contributed by atoms with Crippen LogP contribution in [0.15, 0.2) is 12.3 Å². The van der Waals surface area contributed by atoms with Gasteiger partial charge in [0.1, 0.15) is 10.8 Å². The third kappa shape index (κ3) is 2.97. The first kappa shape index (κ1) is 15.7. The van der Waals surface area contributed by atoms with Gasteiger partial charge in [0.15, 0.2) is 0 Å². The summed E-state index contributed by atoms with van der Waals surface area (Å²) in [6, 6.07) is 2.02. The van der Waals surface area contributed by atoms with E-state index in [-0.39, 0.29) is 12.1 Å². The third-order valence-electron chi connectivity index (χ3n) is 4.01. The number of carbonyl (C=O) groups is 1. The third-order valence-corrected chi connectivity index (χ3v) is 4.70. The van der Waals surface area contributed by atoms with Gasteiger partial charge < -0.3 is 14.5 Å². The van der Waals surface area contributed by atoms with Crippen molar-refractivity contribution < 1.29 is 9.53 Å². The molecule has 1 amide bonds. The van der Waals surface area contributed by atoms with Gasteiger partial charge in [-0.05, 0) is 26.8 Å². The van der Waals surface area contributed by atoms with Gasteiger partial charge in [-0.3, -0.25) is 0 Å². The van der Waals surface area contributed by atoms with E-state index < -0.39 is 5.60 Å². The van der Waals surface area contributed by atoms with Gasteiger partial charge in [0.05, 0.1) is 22.9 Å². The summed E-state index contributed by atoms with van der Waals surface area (Å²) in [6.45, 7) is 8.04. The molecule has 2 aliphatic rings. The number of halogens is 2. The largest absolute Gasteiger partial charge is 0.444 e. The fourth-order valence-electron chi connectivity index (χ4n) is 2.96. The summed E-state index contributed by atoms with van der Waals surface area (Å²) in [6.07, 6.45) is 1.49. The molecule has 120 valence electrons. The minimum Gasteiger partial charge on any atom is -0.444 e. The van der Waals surface area contributed by atoms with Gasteiger partial charge in [0, 0.05) is 25.6 Å². The van der Waals surface area contributed by atoms with Crippen molar-refractivity contribution in [3.05, 3.63) is 22.4 Å². The summed E-state index contributed by atoms with van der Waals surface area (Å²) in [4.78, 5) is 20.2. The second-order valence-electron chi connectivity index (χ2n) is 6.83. The zero-order valence-electron chi connectivity index (χ0n) is 12.8. The highest BCUT2D eigenvalue weighted by Gasteiger charge is 2.49. The van der Waals surface area contributed by atoms with E-state index in [9.17, 15) is 4.79 Å². The Kier molecular flexibility index (Phi) is 3.89. The highest BCUT2D eigenvalue weighted by Crippen LogP contribution is 2.36. The molecule has 2 aliphatic heterocycles. The zero-order chi connectivity index (χ0) is 16.1. The Labute approximate surface area is 140 Å². The molecule has 0 bridgehead atoms. The second kappa shape index (κ2) is 5.46. The van der Waals surface area contributed by atoms with Crippen molar-refractivity contribution in [2.75, 3.05) is 24.5 Å². The number of nitrogens with zero attached hydrogens (tertiary/aromatic N) is 3. The molecule has 2 fully saturated rings. The van der Waals surface area contributed by atoms with Crippen molar-refractivity contribution in [1.82, 2.24) is 9.88 Å². The average molecular weight is 344 g/mol. The number of ether oxygens (including phenoxy) is 1. The molecule has 0 saturated carbocycles. The van der Waals surface area contributed by atoms with Crippen LogP contribution in [0.25, 0.3) is 0 Å². The Hall–Kier alpha value is -1.20. The highest BCUT2D eigenvalue weighted by molar-refractivity contribution is 6.41. The Morgan fingerprint density at radius 1 is 1.32 bits per heavy atom. The van der Waals surface area contributed by atoms with Crippen molar-refractivity contribution in [1.29, 1.82) is 0 Å². The summed E-state index contributed by atoms with van der Waals surface area (Å²) < 4.78 is 5.44. The number of pyridine rings is 1. The van der Waals surface area contributed by atoms with Crippen LogP contribution >= 0.6 is 23.2 Å². The van der Waals surface area contributed by atoms with E-state index in [0.717, 1.165) is 25.3 Å². The van der Waals surface area contributed by atoms with E-state index in [1.165, 1.54) is 0 Å². The van der Waals surface area contributed by atoms with Crippen molar-refractivity contribution >= 4 is 35.0 Å². The monoisotopic (exact) mass is 343 g/mol. The molecule has 0 radical (unpaired) electrons. The van der Waals surface area contributed by atoms with Crippen LogP contribution in [0.2, 0.25) is 10.2 Å². The molecule has 3 heterocycles. The second-order valence-corrected chi connectivity index (χ2v) is 7.60. The minimum absolute atomic E-state index is 0.198. The Bertz CT molecular complexity index is 603. The molecule has 1 aromatic rings. The predicted molar refractivity (Wildman–Crippen MR) is 86.7 cm³/mol. The molecule has 1 aromatic heterocycles. The lowest BCUT2D eigenvalue weighted by atomic mass is 9.93. The summed E-state index contributed by atoms with van der Waals surface area (Å²) >= 11 is 11.9.